The first-order chi connectivity index (χ1) is 9.34. The second-order valence-corrected chi connectivity index (χ2v) is 6.22. The Morgan fingerprint density at radius 1 is 1.20 bits per heavy atom. The molecule has 20 heavy (non-hydrogen) atoms. The lowest BCUT2D eigenvalue weighted by molar-refractivity contribution is 0.374. The predicted molar refractivity (Wildman–Crippen MR) is 78.8 cm³/mol. The van der Waals surface area contributed by atoms with Gasteiger partial charge in [0.05, 0.1) is 5.88 Å². The minimum absolute atomic E-state index is 0.235. The van der Waals surface area contributed by atoms with Crippen molar-refractivity contribution < 1.29 is 4.39 Å². The van der Waals surface area contributed by atoms with Gasteiger partial charge in [-0.05, 0) is 32.9 Å². The molecular formula is C14H16Cl2FN3. The Hall–Kier alpha value is -1.13. The van der Waals surface area contributed by atoms with E-state index >= 15 is 0 Å². The summed E-state index contributed by atoms with van der Waals surface area (Å²) in [4.78, 5) is 0. The van der Waals surface area contributed by atoms with E-state index in [1.807, 2.05) is 25.3 Å². The Bertz CT molecular complexity index is 597. The first kappa shape index (κ1) is 15.3. The van der Waals surface area contributed by atoms with Crippen molar-refractivity contribution in [2.75, 3.05) is 0 Å². The summed E-state index contributed by atoms with van der Waals surface area (Å²) in [5.41, 5.74) is 0.189. The van der Waals surface area contributed by atoms with E-state index in [1.165, 1.54) is 6.07 Å². The van der Waals surface area contributed by atoms with Crippen molar-refractivity contribution in [3.8, 4) is 0 Å². The molecule has 3 nitrogen and oxygen atoms in total. The van der Waals surface area contributed by atoms with Crippen molar-refractivity contribution in [3.05, 3.63) is 46.3 Å². The van der Waals surface area contributed by atoms with Crippen LogP contribution in [0.15, 0.2) is 18.2 Å². The number of nitrogens with zero attached hydrogens (tertiary/aromatic N) is 3. The van der Waals surface area contributed by atoms with Crippen molar-refractivity contribution in [2.24, 2.45) is 0 Å². The standard InChI is InChI=1S/C14H16Cl2FN3/c1-14(2,3)20-12(18-19-13(20)8-15)7-9-10(16)5-4-6-11(9)17/h4-6H,7-8H2,1-3H3. The van der Waals surface area contributed by atoms with E-state index in [0.29, 0.717) is 22.2 Å². The molecule has 0 fully saturated rings. The number of alkyl halides is 1. The molecule has 108 valence electrons. The molecule has 0 radical (unpaired) electrons. The summed E-state index contributed by atoms with van der Waals surface area (Å²) in [5.74, 6) is 1.24. The van der Waals surface area contributed by atoms with Crippen LogP contribution < -0.4 is 0 Å². The molecular weight excluding hydrogens is 300 g/mol. The van der Waals surface area contributed by atoms with Gasteiger partial charge in [0.15, 0.2) is 0 Å². The smallest absolute Gasteiger partial charge is 0.148 e. The Balaban J connectivity index is 2.47. The highest BCUT2D eigenvalue weighted by atomic mass is 35.5. The molecule has 0 spiro atoms. The van der Waals surface area contributed by atoms with Crippen LogP contribution in [-0.2, 0) is 17.8 Å². The molecule has 0 aliphatic rings. The molecule has 0 aliphatic carbocycles. The largest absolute Gasteiger partial charge is 0.308 e. The molecule has 0 aliphatic heterocycles. The average Bonchev–Trinajstić information content (AvgIpc) is 2.76. The Kier molecular flexibility index (Phi) is 4.35. The normalized spacial score (nSPS) is 11.9. The third-order valence-electron chi connectivity index (χ3n) is 2.98. The highest BCUT2D eigenvalue weighted by Crippen LogP contribution is 2.25. The fourth-order valence-corrected chi connectivity index (χ4v) is 2.59. The van der Waals surface area contributed by atoms with Crippen LogP contribution in [0, 0.1) is 5.82 Å². The number of benzene rings is 1. The third-order valence-corrected chi connectivity index (χ3v) is 3.58. The minimum Gasteiger partial charge on any atom is -0.308 e. The van der Waals surface area contributed by atoms with E-state index in [4.69, 9.17) is 23.2 Å². The van der Waals surface area contributed by atoms with Gasteiger partial charge in [0.1, 0.15) is 17.5 Å². The molecule has 0 atom stereocenters. The molecule has 0 saturated carbocycles. The van der Waals surface area contributed by atoms with Gasteiger partial charge < -0.3 is 4.57 Å². The summed E-state index contributed by atoms with van der Waals surface area (Å²) < 4.78 is 15.8. The Morgan fingerprint density at radius 2 is 1.85 bits per heavy atom. The van der Waals surface area contributed by atoms with Crippen LogP contribution in [0.1, 0.15) is 38.0 Å². The van der Waals surface area contributed by atoms with E-state index in [-0.39, 0.29) is 23.7 Å². The van der Waals surface area contributed by atoms with Gasteiger partial charge in [0.2, 0.25) is 0 Å². The fourth-order valence-electron chi connectivity index (χ4n) is 2.19. The van der Waals surface area contributed by atoms with Gasteiger partial charge in [-0.1, -0.05) is 17.7 Å². The molecule has 0 unspecified atom stereocenters. The summed E-state index contributed by atoms with van der Waals surface area (Å²) in [6, 6.07) is 4.64. The molecule has 1 aromatic carbocycles. The zero-order valence-corrected chi connectivity index (χ0v) is 13.1. The number of halogens is 3. The molecule has 2 aromatic rings. The van der Waals surface area contributed by atoms with Crippen molar-refractivity contribution in [3.63, 3.8) is 0 Å². The summed E-state index contributed by atoms with van der Waals surface area (Å²) in [6.07, 6.45) is 0.284. The maximum Gasteiger partial charge on any atom is 0.148 e. The quantitative estimate of drug-likeness (QED) is 0.796. The van der Waals surface area contributed by atoms with Crippen LogP contribution >= 0.6 is 23.2 Å². The Labute approximate surface area is 127 Å². The van der Waals surface area contributed by atoms with Crippen molar-refractivity contribution in [1.82, 2.24) is 14.8 Å². The van der Waals surface area contributed by atoms with Crippen LogP contribution in [0.2, 0.25) is 5.02 Å². The third kappa shape index (κ3) is 2.96. The molecule has 2 rings (SSSR count). The van der Waals surface area contributed by atoms with Crippen molar-refractivity contribution >= 4 is 23.2 Å². The first-order valence-corrected chi connectivity index (χ1v) is 7.18. The second-order valence-electron chi connectivity index (χ2n) is 5.55. The molecule has 0 bridgehead atoms. The summed E-state index contributed by atoms with van der Waals surface area (Å²) >= 11 is 12.0. The average molecular weight is 316 g/mol. The number of hydrogen-bond acceptors (Lipinski definition) is 2. The molecule has 0 N–H and O–H groups in total. The number of hydrogen-bond donors (Lipinski definition) is 0. The summed E-state index contributed by atoms with van der Waals surface area (Å²) in [6.45, 7) is 6.08. The highest BCUT2D eigenvalue weighted by molar-refractivity contribution is 6.31. The van der Waals surface area contributed by atoms with Gasteiger partial charge in [0, 0.05) is 22.5 Å². The minimum atomic E-state index is -0.339. The maximum absolute atomic E-state index is 13.9. The van der Waals surface area contributed by atoms with E-state index in [1.54, 1.807) is 12.1 Å². The van der Waals surface area contributed by atoms with Crippen LogP contribution in [-0.4, -0.2) is 14.8 Å². The van der Waals surface area contributed by atoms with Gasteiger partial charge in [-0.15, -0.1) is 21.8 Å². The van der Waals surface area contributed by atoms with Crippen LogP contribution in [0.4, 0.5) is 4.39 Å². The second kappa shape index (κ2) is 5.70. The van der Waals surface area contributed by atoms with Crippen molar-refractivity contribution in [2.45, 2.75) is 38.6 Å². The molecule has 6 heteroatoms. The lowest BCUT2D eigenvalue weighted by Crippen LogP contribution is -2.26. The first-order valence-electron chi connectivity index (χ1n) is 6.27. The van der Waals surface area contributed by atoms with Crippen LogP contribution in [0.5, 0.6) is 0 Å². The molecule has 0 amide bonds. The van der Waals surface area contributed by atoms with Gasteiger partial charge in [-0.2, -0.15) is 0 Å². The lowest BCUT2D eigenvalue weighted by Gasteiger charge is -2.24. The van der Waals surface area contributed by atoms with E-state index in [9.17, 15) is 4.39 Å². The van der Waals surface area contributed by atoms with Gasteiger partial charge in [-0.3, -0.25) is 0 Å². The van der Waals surface area contributed by atoms with E-state index in [2.05, 4.69) is 10.2 Å². The molecule has 1 heterocycles. The molecule has 0 saturated heterocycles. The lowest BCUT2D eigenvalue weighted by atomic mass is 10.1. The fraction of sp³-hybridized carbons (Fsp3) is 0.429. The zero-order valence-electron chi connectivity index (χ0n) is 11.6. The monoisotopic (exact) mass is 315 g/mol. The topological polar surface area (TPSA) is 30.7 Å². The van der Waals surface area contributed by atoms with E-state index in [0.717, 1.165) is 0 Å². The van der Waals surface area contributed by atoms with Crippen LogP contribution in [0.3, 0.4) is 0 Å². The van der Waals surface area contributed by atoms with E-state index < -0.39 is 0 Å². The SMILES string of the molecule is CC(C)(C)n1c(CCl)nnc1Cc1c(F)cccc1Cl. The van der Waals surface area contributed by atoms with Gasteiger partial charge in [-0.25, -0.2) is 4.39 Å². The van der Waals surface area contributed by atoms with Crippen LogP contribution in [0.25, 0.3) is 0 Å². The predicted octanol–water partition coefficient (Wildman–Crippen LogP) is 4.16. The van der Waals surface area contributed by atoms with Gasteiger partial charge in [0.25, 0.3) is 0 Å². The van der Waals surface area contributed by atoms with Gasteiger partial charge >= 0.3 is 0 Å². The van der Waals surface area contributed by atoms with Crippen molar-refractivity contribution in [1.29, 1.82) is 0 Å². The Morgan fingerprint density at radius 3 is 2.40 bits per heavy atom. The maximum atomic E-state index is 13.9. The zero-order chi connectivity index (χ0) is 14.9. The summed E-state index contributed by atoms with van der Waals surface area (Å²) in [5, 5.41) is 8.60. The molecule has 1 aromatic heterocycles. The number of rotatable bonds is 3. The summed E-state index contributed by atoms with van der Waals surface area (Å²) in [7, 11) is 0. The highest BCUT2D eigenvalue weighted by Gasteiger charge is 2.23. The number of aromatic nitrogens is 3.